The van der Waals surface area contributed by atoms with Gasteiger partial charge >= 0.3 is 0 Å². The second kappa shape index (κ2) is 9.62. The third kappa shape index (κ3) is 5.24. The van der Waals surface area contributed by atoms with Gasteiger partial charge in [0.05, 0.1) is 5.02 Å². The number of fused-ring (bicyclic) bond motifs is 1. The van der Waals surface area contributed by atoms with Gasteiger partial charge in [-0.15, -0.1) is 0 Å². The van der Waals surface area contributed by atoms with Crippen LogP contribution in [0, 0.1) is 5.82 Å². The van der Waals surface area contributed by atoms with Crippen molar-refractivity contribution in [1.29, 1.82) is 0 Å². The zero-order chi connectivity index (χ0) is 24.4. The van der Waals surface area contributed by atoms with Gasteiger partial charge < -0.3 is 26.1 Å². The molecule has 5 N–H and O–H groups in total. The molecule has 4 rings (SSSR count). The molecule has 0 atom stereocenters. The number of hydrogen-bond acceptors (Lipinski definition) is 4. The summed E-state index contributed by atoms with van der Waals surface area (Å²) in [7, 11) is 0. The molecule has 0 unspecified atom stereocenters. The van der Waals surface area contributed by atoms with Crippen molar-refractivity contribution in [2.75, 3.05) is 11.1 Å². The number of nitrogens with one attached hydrogen (secondary N) is 3. The summed E-state index contributed by atoms with van der Waals surface area (Å²) in [5, 5.41) is 6.53. The van der Waals surface area contributed by atoms with Crippen molar-refractivity contribution in [3.05, 3.63) is 81.7 Å². The minimum Gasteiger partial charge on any atom is -0.453 e. The molecule has 0 spiro atoms. The molecule has 1 aromatic heterocycles. The van der Waals surface area contributed by atoms with Gasteiger partial charge in [0.25, 0.3) is 5.91 Å². The van der Waals surface area contributed by atoms with Gasteiger partial charge in [-0.1, -0.05) is 35.3 Å². The molecule has 0 aliphatic rings. The van der Waals surface area contributed by atoms with E-state index in [0.717, 1.165) is 5.39 Å². The summed E-state index contributed by atoms with van der Waals surface area (Å²) in [6, 6.07) is 14.3. The first-order valence-electron chi connectivity index (χ1n) is 10.1. The Morgan fingerprint density at radius 1 is 1.09 bits per heavy atom. The number of hydrogen-bond donors (Lipinski definition) is 4. The first-order chi connectivity index (χ1) is 16.2. The number of rotatable bonds is 6. The van der Waals surface area contributed by atoms with E-state index in [0.29, 0.717) is 21.9 Å². The monoisotopic (exact) mass is 500 g/mol. The van der Waals surface area contributed by atoms with E-state index in [1.807, 2.05) is 0 Å². The third-order valence-electron chi connectivity index (χ3n) is 4.87. The Morgan fingerprint density at radius 3 is 2.62 bits per heavy atom. The van der Waals surface area contributed by atoms with Crippen molar-refractivity contribution >= 4 is 57.3 Å². The van der Waals surface area contributed by atoms with Gasteiger partial charge in [0, 0.05) is 52.4 Å². The Hall–Kier alpha value is -3.75. The number of nitrogens with two attached hydrogens (primary N) is 1. The number of carbonyl (C=O) groups is 2. The van der Waals surface area contributed by atoms with Crippen LogP contribution >= 0.6 is 23.2 Å². The molecule has 2 amide bonds. The Bertz CT molecular complexity index is 1400. The quantitative estimate of drug-likeness (QED) is 0.248. The first kappa shape index (κ1) is 23.4. The molecule has 0 bridgehead atoms. The van der Waals surface area contributed by atoms with E-state index in [1.165, 1.54) is 37.3 Å². The van der Waals surface area contributed by atoms with Crippen LogP contribution in [0.4, 0.5) is 15.8 Å². The van der Waals surface area contributed by atoms with Crippen LogP contribution in [0.3, 0.4) is 0 Å². The normalized spacial score (nSPS) is 10.8. The van der Waals surface area contributed by atoms with E-state index < -0.39 is 11.7 Å². The third-order valence-corrected chi connectivity index (χ3v) is 5.39. The van der Waals surface area contributed by atoms with Gasteiger partial charge in [0.2, 0.25) is 5.91 Å². The van der Waals surface area contributed by atoms with Crippen LogP contribution in [-0.2, 0) is 11.3 Å². The number of anilines is 2. The largest absolute Gasteiger partial charge is 0.453 e. The molecule has 4 aromatic rings. The Morgan fingerprint density at radius 2 is 1.88 bits per heavy atom. The van der Waals surface area contributed by atoms with Crippen molar-refractivity contribution < 1.29 is 18.7 Å². The fourth-order valence-corrected chi connectivity index (χ4v) is 3.78. The standard InChI is InChI=1S/C24H19Cl2FN4O3/c1-12(32)30-17-4-2-13-6-21(31-20(13)10-17)24(33)29-11-14-3-5-19(26)23(22(14)27)34-18-8-15(25)7-16(28)9-18/h2-10,31H,11,28H2,1H3,(H,29,33)(H,30,32). The molecular formula is C24H19Cl2FN4O3. The summed E-state index contributed by atoms with van der Waals surface area (Å²) in [6.45, 7) is 1.30. The van der Waals surface area contributed by atoms with Crippen molar-refractivity contribution in [2.45, 2.75) is 13.5 Å². The highest BCUT2D eigenvalue weighted by atomic mass is 35.5. The second-order valence-electron chi connectivity index (χ2n) is 7.52. The first-order valence-corrected chi connectivity index (χ1v) is 10.8. The van der Waals surface area contributed by atoms with Crippen LogP contribution in [0.25, 0.3) is 10.9 Å². The van der Waals surface area contributed by atoms with Crippen molar-refractivity contribution in [1.82, 2.24) is 10.3 Å². The SMILES string of the molecule is CC(=O)Nc1ccc2cc(C(=O)NCc3ccc(Cl)c(Oc4cc(N)cc(Cl)c4)c3F)[nH]c2c1. The number of benzene rings is 3. The fraction of sp³-hybridized carbons (Fsp3) is 0.0833. The molecule has 3 aromatic carbocycles. The molecule has 10 heteroatoms. The summed E-state index contributed by atoms with van der Waals surface area (Å²) >= 11 is 12.1. The number of carbonyl (C=O) groups excluding carboxylic acids is 2. The molecular weight excluding hydrogens is 482 g/mol. The summed E-state index contributed by atoms with van der Waals surface area (Å²) in [5.74, 6) is -1.33. The minimum atomic E-state index is -0.719. The molecule has 0 saturated heterocycles. The maximum absolute atomic E-state index is 15.1. The van der Waals surface area contributed by atoms with E-state index in [-0.39, 0.29) is 40.2 Å². The molecule has 174 valence electrons. The number of nitrogen functional groups attached to an aromatic ring is 1. The van der Waals surface area contributed by atoms with E-state index in [9.17, 15) is 9.59 Å². The van der Waals surface area contributed by atoms with Gasteiger partial charge in [-0.2, -0.15) is 0 Å². The number of ether oxygens (including phenoxy) is 1. The lowest BCUT2D eigenvalue weighted by Gasteiger charge is -2.13. The minimum absolute atomic E-state index is 0.0525. The van der Waals surface area contributed by atoms with E-state index >= 15 is 4.39 Å². The molecule has 0 radical (unpaired) electrons. The summed E-state index contributed by atoms with van der Waals surface area (Å²) < 4.78 is 20.7. The highest BCUT2D eigenvalue weighted by Crippen LogP contribution is 2.35. The summed E-state index contributed by atoms with van der Waals surface area (Å²) in [6.07, 6.45) is 0. The smallest absolute Gasteiger partial charge is 0.267 e. The number of aromatic amines is 1. The van der Waals surface area contributed by atoms with E-state index in [2.05, 4.69) is 15.6 Å². The molecule has 0 aliphatic heterocycles. The highest BCUT2D eigenvalue weighted by Gasteiger charge is 2.17. The average molecular weight is 501 g/mol. The van der Waals surface area contributed by atoms with Gasteiger partial charge in [-0.3, -0.25) is 9.59 Å². The highest BCUT2D eigenvalue weighted by molar-refractivity contribution is 6.32. The Labute approximate surface area is 204 Å². The molecule has 7 nitrogen and oxygen atoms in total. The van der Waals surface area contributed by atoms with Crippen LogP contribution < -0.4 is 21.1 Å². The topological polar surface area (TPSA) is 109 Å². The van der Waals surface area contributed by atoms with Crippen molar-refractivity contribution in [3.63, 3.8) is 0 Å². The lowest BCUT2D eigenvalue weighted by Crippen LogP contribution is -2.23. The summed E-state index contributed by atoms with van der Waals surface area (Å²) in [4.78, 5) is 26.9. The van der Waals surface area contributed by atoms with Gasteiger partial charge in [0.1, 0.15) is 11.4 Å². The zero-order valence-corrected chi connectivity index (χ0v) is 19.4. The summed E-state index contributed by atoms with van der Waals surface area (Å²) in [5.41, 5.74) is 7.84. The van der Waals surface area contributed by atoms with Crippen molar-refractivity contribution in [2.24, 2.45) is 0 Å². The maximum Gasteiger partial charge on any atom is 0.267 e. The average Bonchev–Trinajstić information content (AvgIpc) is 3.18. The Balaban J connectivity index is 1.50. The zero-order valence-electron chi connectivity index (χ0n) is 17.8. The predicted molar refractivity (Wildman–Crippen MR) is 131 cm³/mol. The van der Waals surface area contributed by atoms with Crippen LogP contribution in [0.15, 0.2) is 54.6 Å². The van der Waals surface area contributed by atoms with Crippen LogP contribution in [0.2, 0.25) is 10.0 Å². The Kier molecular flexibility index (Phi) is 6.63. The molecule has 0 saturated carbocycles. The van der Waals surface area contributed by atoms with E-state index in [1.54, 1.807) is 24.3 Å². The predicted octanol–water partition coefficient (Wildman–Crippen LogP) is 5.88. The van der Waals surface area contributed by atoms with Crippen LogP contribution in [0.1, 0.15) is 23.0 Å². The second-order valence-corrected chi connectivity index (χ2v) is 8.36. The van der Waals surface area contributed by atoms with Gasteiger partial charge in [-0.25, -0.2) is 4.39 Å². The van der Waals surface area contributed by atoms with Gasteiger partial charge in [-0.05, 0) is 36.4 Å². The number of aromatic nitrogens is 1. The number of H-pyrrole nitrogens is 1. The fourth-order valence-electron chi connectivity index (χ4n) is 3.37. The van der Waals surface area contributed by atoms with Crippen LogP contribution in [0.5, 0.6) is 11.5 Å². The lowest BCUT2D eigenvalue weighted by molar-refractivity contribution is -0.114. The number of halogens is 3. The molecule has 0 fully saturated rings. The number of amides is 2. The molecule has 0 aliphatic carbocycles. The molecule has 1 heterocycles. The van der Waals surface area contributed by atoms with Gasteiger partial charge in [0.15, 0.2) is 11.6 Å². The van der Waals surface area contributed by atoms with Crippen molar-refractivity contribution in [3.8, 4) is 11.5 Å². The van der Waals surface area contributed by atoms with E-state index in [4.69, 9.17) is 33.7 Å². The lowest BCUT2D eigenvalue weighted by atomic mass is 10.2. The van der Waals surface area contributed by atoms with Crippen LogP contribution in [-0.4, -0.2) is 16.8 Å². The molecule has 34 heavy (non-hydrogen) atoms. The maximum atomic E-state index is 15.1.